The Kier molecular flexibility index (Phi) is 3.61. The minimum absolute atomic E-state index is 0.0454. The number of carbonyl (C=O) groups excluding carboxylic acids is 1. The Morgan fingerprint density at radius 3 is 3.06 bits per heavy atom. The Bertz CT molecular complexity index is 437. The van der Waals surface area contributed by atoms with Gasteiger partial charge < -0.3 is 10.2 Å². The van der Waals surface area contributed by atoms with Crippen LogP contribution in [0.3, 0.4) is 0 Å². The van der Waals surface area contributed by atoms with Gasteiger partial charge in [0, 0.05) is 25.6 Å². The van der Waals surface area contributed by atoms with E-state index in [4.69, 9.17) is 0 Å². The van der Waals surface area contributed by atoms with Crippen LogP contribution < -0.4 is 10.2 Å². The second-order valence-electron chi connectivity index (χ2n) is 3.98. The molecule has 92 valence electrons. The molecule has 1 amide bonds. The number of rotatable bonds is 2. The summed E-state index contributed by atoms with van der Waals surface area (Å²) in [6, 6.07) is 1.67. The van der Waals surface area contributed by atoms with E-state index in [9.17, 15) is 4.79 Å². The number of nitrogens with one attached hydrogen (secondary N) is 1. The summed E-state index contributed by atoms with van der Waals surface area (Å²) in [6.45, 7) is 5.33. The fraction of sp³-hybridized carbons (Fsp3) is 0.545. The highest BCUT2D eigenvalue weighted by atomic mass is 79.9. The summed E-state index contributed by atoms with van der Waals surface area (Å²) in [5, 5.41) is 2.84. The van der Waals surface area contributed by atoms with E-state index >= 15 is 0 Å². The predicted octanol–water partition coefficient (Wildman–Crippen LogP) is 1.13. The molecule has 0 spiro atoms. The van der Waals surface area contributed by atoms with E-state index in [-0.39, 0.29) is 11.9 Å². The number of hydrogen-bond donors (Lipinski definition) is 1. The standard InChI is InChI=1S/C11H15BrN4O/c1-3-9-14-8(12)6-10(15-9)16-5-4-13-11(17)7(16)2/h6-7H,3-5H2,1-2H3,(H,13,17). The van der Waals surface area contributed by atoms with Crippen LogP contribution in [0.5, 0.6) is 0 Å². The molecule has 1 saturated heterocycles. The lowest BCUT2D eigenvalue weighted by Gasteiger charge is -2.33. The van der Waals surface area contributed by atoms with Crippen LogP contribution in [-0.2, 0) is 11.2 Å². The molecular weight excluding hydrogens is 284 g/mol. The van der Waals surface area contributed by atoms with Gasteiger partial charge in [-0.2, -0.15) is 0 Å². The van der Waals surface area contributed by atoms with E-state index in [0.717, 1.165) is 29.2 Å². The van der Waals surface area contributed by atoms with E-state index in [0.29, 0.717) is 6.54 Å². The number of hydrogen-bond acceptors (Lipinski definition) is 4. The first-order valence-corrected chi connectivity index (χ1v) is 6.49. The molecule has 1 atom stereocenters. The smallest absolute Gasteiger partial charge is 0.242 e. The molecule has 2 heterocycles. The zero-order chi connectivity index (χ0) is 12.4. The fourth-order valence-corrected chi connectivity index (χ4v) is 2.26. The number of halogens is 1. The SMILES string of the molecule is CCc1nc(Br)cc(N2CCNC(=O)C2C)n1. The normalized spacial score (nSPS) is 20.3. The summed E-state index contributed by atoms with van der Waals surface area (Å²) in [4.78, 5) is 22.3. The van der Waals surface area contributed by atoms with Gasteiger partial charge in [-0.25, -0.2) is 9.97 Å². The fourth-order valence-electron chi connectivity index (χ4n) is 1.85. The Hall–Kier alpha value is -1.17. The van der Waals surface area contributed by atoms with Crippen molar-refractivity contribution in [1.82, 2.24) is 15.3 Å². The minimum atomic E-state index is -0.185. The lowest BCUT2D eigenvalue weighted by Crippen LogP contribution is -2.54. The van der Waals surface area contributed by atoms with Crippen LogP contribution in [0.15, 0.2) is 10.7 Å². The van der Waals surface area contributed by atoms with Gasteiger partial charge in [0.2, 0.25) is 5.91 Å². The average Bonchev–Trinajstić information content (AvgIpc) is 2.31. The van der Waals surface area contributed by atoms with E-state index in [2.05, 4.69) is 31.2 Å². The molecule has 1 aromatic rings. The van der Waals surface area contributed by atoms with Crippen LogP contribution in [0.1, 0.15) is 19.7 Å². The maximum Gasteiger partial charge on any atom is 0.242 e. The van der Waals surface area contributed by atoms with Crippen molar-refractivity contribution in [3.63, 3.8) is 0 Å². The molecule has 0 aliphatic carbocycles. The molecule has 1 fully saturated rings. The van der Waals surface area contributed by atoms with Crippen LogP contribution in [-0.4, -0.2) is 35.0 Å². The molecule has 1 unspecified atom stereocenters. The number of amides is 1. The van der Waals surface area contributed by atoms with E-state index < -0.39 is 0 Å². The Labute approximate surface area is 109 Å². The van der Waals surface area contributed by atoms with Crippen molar-refractivity contribution in [3.05, 3.63) is 16.5 Å². The molecule has 6 heteroatoms. The van der Waals surface area contributed by atoms with Gasteiger partial charge in [0.25, 0.3) is 0 Å². The molecule has 1 aliphatic heterocycles. The Morgan fingerprint density at radius 2 is 2.35 bits per heavy atom. The molecule has 1 aromatic heterocycles. The second-order valence-corrected chi connectivity index (χ2v) is 4.79. The number of carbonyl (C=O) groups is 1. The Morgan fingerprint density at radius 1 is 1.59 bits per heavy atom. The van der Waals surface area contributed by atoms with Crippen molar-refractivity contribution in [1.29, 1.82) is 0 Å². The summed E-state index contributed by atoms with van der Waals surface area (Å²) in [5.41, 5.74) is 0. The Balaban J connectivity index is 2.32. The quantitative estimate of drug-likeness (QED) is 0.832. The van der Waals surface area contributed by atoms with Crippen molar-refractivity contribution in [2.75, 3.05) is 18.0 Å². The molecule has 2 rings (SSSR count). The summed E-state index contributed by atoms with van der Waals surface area (Å²) in [5.74, 6) is 1.64. The average molecular weight is 299 g/mol. The number of piperazine rings is 1. The summed E-state index contributed by atoms with van der Waals surface area (Å²) >= 11 is 3.38. The van der Waals surface area contributed by atoms with Crippen LogP contribution in [0.4, 0.5) is 5.82 Å². The molecule has 0 radical (unpaired) electrons. The first-order chi connectivity index (χ1) is 8.11. The van der Waals surface area contributed by atoms with Gasteiger partial charge in [-0.1, -0.05) is 6.92 Å². The van der Waals surface area contributed by atoms with Gasteiger partial charge in [0.15, 0.2) is 0 Å². The van der Waals surface area contributed by atoms with Gasteiger partial charge in [-0.3, -0.25) is 4.79 Å². The highest BCUT2D eigenvalue weighted by Gasteiger charge is 2.26. The van der Waals surface area contributed by atoms with Gasteiger partial charge in [0.1, 0.15) is 22.3 Å². The lowest BCUT2D eigenvalue weighted by molar-refractivity contribution is -0.122. The van der Waals surface area contributed by atoms with Gasteiger partial charge in [-0.15, -0.1) is 0 Å². The highest BCUT2D eigenvalue weighted by molar-refractivity contribution is 9.10. The maximum absolute atomic E-state index is 11.6. The first kappa shape index (κ1) is 12.3. The second kappa shape index (κ2) is 5.00. The highest BCUT2D eigenvalue weighted by Crippen LogP contribution is 2.20. The number of nitrogens with zero attached hydrogens (tertiary/aromatic N) is 3. The number of anilines is 1. The molecular formula is C11H15BrN4O. The third kappa shape index (κ3) is 2.57. The largest absolute Gasteiger partial charge is 0.353 e. The van der Waals surface area contributed by atoms with Crippen molar-refractivity contribution >= 4 is 27.7 Å². The van der Waals surface area contributed by atoms with Gasteiger partial charge in [-0.05, 0) is 22.9 Å². The molecule has 1 aliphatic rings. The topological polar surface area (TPSA) is 58.1 Å². The van der Waals surface area contributed by atoms with Crippen LogP contribution >= 0.6 is 15.9 Å². The summed E-state index contributed by atoms with van der Waals surface area (Å²) < 4.78 is 0.762. The minimum Gasteiger partial charge on any atom is -0.353 e. The van der Waals surface area contributed by atoms with Crippen molar-refractivity contribution in [2.24, 2.45) is 0 Å². The van der Waals surface area contributed by atoms with Crippen LogP contribution in [0.25, 0.3) is 0 Å². The van der Waals surface area contributed by atoms with Crippen molar-refractivity contribution in [2.45, 2.75) is 26.3 Å². The molecule has 0 aromatic carbocycles. The lowest BCUT2D eigenvalue weighted by atomic mass is 10.2. The molecule has 17 heavy (non-hydrogen) atoms. The zero-order valence-electron chi connectivity index (χ0n) is 9.90. The van der Waals surface area contributed by atoms with Crippen molar-refractivity contribution in [3.8, 4) is 0 Å². The predicted molar refractivity (Wildman–Crippen MR) is 68.9 cm³/mol. The van der Waals surface area contributed by atoms with E-state index in [1.165, 1.54) is 0 Å². The molecule has 1 N–H and O–H groups in total. The van der Waals surface area contributed by atoms with Crippen LogP contribution in [0.2, 0.25) is 0 Å². The van der Waals surface area contributed by atoms with Crippen LogP contribution in [0, 0.1) is 0 Å². The number of aryl methyl sites for hydroxylation is 1. The molecule has 5 nitrogen and oxygen atoms in total. The third-order valence-electron chi connectivity index (χ3n) is 2.84. The number of aromatic nitrogens is 2. The summed E-state index contributed by atoms with van der Waals surface area (Å²) in [6.07, 6.45) is 0.779. The molecule has 0 saturated carbocycles. The van der Waals surface area contributed by atoms with E-state index in [1.54, 1.807) is 0 Å². The zero-order valence-corrected chi connectivity index (χ0v) is 11.5. The monoisotopic (exact) mass is 298 g/mol. The molecule has 0 bridgehead atoms. The first-order valence-electron chi connectivity index (χ1n) is 5.69. The van der Waals surface area contributed by atoms with E-state index in [1.807, 2.05) is 24.8 Å². The maximum atomic E-state index is 11.6. The van der Waals surface area contributed by atoms with Gasteiger partial charge >= 0.3 is 0 Å². The van der Waals surface area contributed by atoms with Crippen molar-refractivity contribution < 1.29 is 4.79 Å². The summed E-state index contributed by atoms with van der Waals surface area (Å²) in [7, 11) is 0. The van der Waals surface area contributed by atoms with Gasteiger partial charge in [0.05, 0.1) is 0 Å². The third-order valence-corrected chi connectivity index (χ3v) is 3.24.